The number of rotatable bonds is 2. The van der Waals surface area contributed by atoms with E-state index in [1.54, 1.807) is 30.5 Å². The van der Waals surface area contributed by atoms with Crippen LogP contribution in [0.2, 0.25) is 10.0 Å². The minimum absolute atomic E-state index is 0.216. The maximum atomic E-state index is 11.9. The smallest absolute Gasteiger partial charge is 0.264 e. The van der Waals surface area contributed by atoms with Crippen LogP contribution in [-0.4, -0.2) is 16.1 Å². The maximum absolute atomic E-state index is 11.9. The highest BCUT2D eigenvalue weighted by Crippen LogP contribution is 2.32. The number of carbonyl (C=O) groups excluding carboxylic acids is 1. The van der Waals surface area contributed by atoms with Crippen LogP contribution in [0.1, 0.15) is 5.56 Å². The summed E-state index contributed by atoms with van der Waals surface area (Å²) in [5.41, 5.74) is 0.692. The number of hydrogen-bond acceptors (Lipinski definition) is 5. The van der Waals surface area contributed by atoms with Gasteiger partial charge in [0.2, 0.25) is 5.13 Å². The van der Waals surface area contributed by atoms with Gasteiger partial charge in [0.1, 0.15) is 0 Å². The Morgan fingerprint density at radius 1 is 1.33 bits per heavy atom. The van der Waals surface area contributed by atoms with Gasteiger partial charge in [0.15, 0.2) is 5.17 Å². The fourth-order valence-electron chi connectivity index (χ4n) is 1.61. The molecule has 0 unspecified atom stereocenters. The van der Waals surface area contributed by atoms with Crippen LogP contribution in [0, 0.1) is 0 Å². The first kappa shape index (κ1) is 14.6. The number of aliphatic imine (C=N–C) groups is 1. The summed E-state index contributed by atoms with van der Waals surface area (Å²) in [4.78, 5) is 20.8. The Balaban J connectivity index is 1.88. The molecule has 0 radical (unpaired) electrons. The van der Waals surface area contributed by atoms with Gasteiger partial charge in [0.25, 0.3) is 5.91 Å². The Hall–Kier alpha value is -1.34. The second kappa shape index (κ2) is 6.19. The van der Waals surface area contributed by atoms with Gasteiger partial charge >= 0.3 is 0 Å². The molecule has 3 rings (SSSR count). The SMILES string of the molecule is O=C1NC(=Nc2nccs2)S/C1=C\c1cccc(Cl)c1Cl. The molecule has 8 heteroatoms. The molecule has 0 atom stereocenters. The van der Waals surface area contributed by atoms with Gasteiger partial charge in [-0.15, -0.1) is 11.3 Å². The zero-order chi connectivity index (χ0) is 14.8. The Morgan fingerprint density at radius 3 is 2.95 bits per heavy atom. The predicted molar refractivity (Wildman–Crippen MR) is 89.4 cm³/mol. The Morgan fingerprint density at radius 2 is 2.19 bits per heavy atom. The summed E-state index contributed by atoms with van der Waals surface area (Å²) in [5, 5.41) is 6.48. The van der Waals surface area contributed by atoms with E-state index in [-0.39, 0.29) is 5.91 Å². The van der Waals surface area contributed by atoms with Crippen LogP contribution in [0.15, 0.2) is 39.7 Å². The second-order valence-corrected chi connectivity index (χ2v) is 6.63. The van der Waals surface area contributed by atoms with Gasteiger partial charge in [-0.3, -0.25) is 4.79 Å². The molecule has 0 spiro atoms. The first-order chi connectivity index (χ1) is 10.1. The van der Waals surface area contributed by atoms with Crippen molar-refractivity contribution in [2.75, 3.05) is 0 Å². The molecular weight excluding hydrogens is 349 g/mol. The van der Waals surface area contributed by atoms with Crippen LogP contribution in [-0.2, 0) is 4.79 Å². The van der Waals surface area contributed by atoms with Crippen molar-refractivity contribution in [1.29, 1.82) is 0 Å². The highest BCUT2D eigenvalue weighted by molar-refractivity contribution is 8.18. The van der Waals surface area contributed by atoms with Crippen molar-refractivity contribution >= 4 is 68.6 Å². The van der Waals surface area contributed by atoms with E-state index in [1.807, 2.05) is 5.38 Å². The van der Waals surface area contributed by atoms with Gasteiger partial charge in [-0.25, -0.2) is 4.98 Å². The van der Waals surface area contributed by atoms with Crippen molar-refractivity contribution in [3.63, 3.8) is 0 Å². The number of nitrogens with one attached hydrogen (secondary N) is 1. The van der Waals surface area contributed by atoms with E-state index in [0.29, 0.717) is 30.8 Å². The molecule has 1 aromatic heterocycles. The fourth-order valence-corrected chi connectivity index (χ4v) is 3.35. The number of amidine groups is 1. The molecule has 2 heterocycles. The monoisotopic (exact) mass is 355 g/mol. The third-order valence-electron chi connectivity index (χ3n) is 2.54. The van der Waals surface area contributed by atoms with Gasteiger partial charge in [0, 0.05) is 11.6 Å². The summed E-state index contributed by atoms with van der Waals surface area (Å²) in [6.07, 6.45) is 3.35. The minimum Gasteiger partial charge on any atom is -0.300 e. The zero-order valence-electron chi connectivity index (χ0n) is 10.3. The third kappa shape index (κ3) is 3.29. The number of aromatic nitrogens is 1. The van der Waals surface area contributed by atoms with Crippen molar-refractivity contribution in [2.45, 2.75) is 0 Å². The molecule has 0 saturated carbocycles. The summed E-state index contributed by atoms with van der Waals surface area (Å²) < 4.78 is 0. The van der Waals surface area contributed by atoms with Crippen LogP contribution < -0.4 is 5.32 Å². The molecule has 2 aromatic rings. The second-order valence-electron chi connectivity index (χ2n) is 3.94. The van der Waals surface area contributed by atoms with Gasteiger partial charge in [-0.2, -0.15) is 4.99 Å². The predicted octanol–water partition coefficient (Wildman–Crippen LogP) is 4.34. The first-order valence-corrected chi connectivity index (χ1v) is 8.22. The summed E-state index contributed by atoms with van der Waals surface area (Å²) in [6.45, 7) is 0. The van der Waals surface area contributed by atoms with E-state index in [1.165, 1.54) is 23.1 Å². The summed E-state index contributed by atoms with van der Waals surface area (Å²) in [7, 11) is 0. The Labute approximate surface area is 138 Å². The molecule has 106 valence electrons. The van der Waals surface area contributed by atoms with E-state index in [9.17, 15) is 4.79 Å². The topological polar surface area (TPSA) is 54.4 Å². The van der Waals surface area contributed by atoms with Crippen molar-refractivity contribution in [1.82, 2.24) is 10.3 Å². The quantitative estimate of drug-likeness (QED) is 0.815. The zero-order valence-corrected chi connectivity index (χ0v) is 13.5. The molecule has 1 amide bonds. The van der Waals surface area contributed by atoms with Gasteiger partial charge in [-0.1, -0.05) is 35.3 Å². The van der Waals surface area contributed by atoms with Crippen LogP contribution in [0.5, 0.6) is 0 Å². The molecule has 21 heavy (non-hydrogen) atoms. The van der Waals surface area contributed by atoms with Crippen LogP contribution in [0.25, 0.3) is 6.08 Å². The lowest BCUT2D eigenvalue weighted by atomic mass is 10.2. The van der Waals surface area contributed by atoms with Crippen LogP contribution in [0.3, 0.4) is 0 Å². The number of thiazole rings is 1. The molecule has 1 aliphatic rings. The lowest BCUT2D eigenvalue weighted by Crippen LogP contribution is -2.19. The molecule has 1 aliphatic heterocycles. The number of hydrogen-bond donors (Lipinski definition) is 1. The largest absolute Gasteiger partial charge is 0.300 e. The highest BCUT2D eigenvalue weighted by Gasteiger charge is 2.24. The third-order valence-corrected chi connectivity index (χ3v) is 4.94. The van der Waals surface area contributed by atoms with Gasteiger partial charge in [-0.05, 0) is 29.5 Å². The molecule has 1 fully saturated rings. The Bertz CT molecular complexity index is 757. The highest BCUT2D eigenvalue weighted by atomic mass is 35.5. The average molecular weight is 356 g/mol. The van der Waals surface area contributed by atoms with E-state index in [0.717, 1.165) is 0 Å². The van der Waals surface area contributed by atoms with Crippen LogP contribution in [0.4, 0.5) is 5.13 Å². The lowest BCUT2D eigenvalue weighted by Gasteiger charge is -2.00. The van der Waals surface area contributed by atoms with Crippen molar-refractivity contribution in [3.05, 3.63) is 50.3 Å². The molecule has 1 aromatic carbocycles. The van der Waals surface area contributed by atoms with Gasteiger partial charge < -0.3 is 5.32 Å². The van der Waals surface area contributed by atoms with E-state index >= 15 is 0 Å². The van der Waals surface area contributed by atoms with E-state index in [2.05, 4.69) is 15.3 Å². The van der Waals surface area contributed by atoms with Crippen LogP contribution >= 0.6 is 46.3 Å². The molecule has 1 saturated heterocycles. The molecule has 4 nitrogen and oxygen atoms in total. The number of amides is 1. The number of thioether (sulfide) groups is 1. The maximum Gasteiger partial charge on any atom is 0.264 e. The first-order valence-electron chi connectivity index (χ1n) is 5.76. The average Bonchev–Trinajstić information content (AvgIpc) is 3.06. The Kier molecular flexibility index (Phi) is 4.30. The van der Waals surface area contributed by atoms with E-state index in [4.69, 9.17) is 23.2 Å². The number of halogens is 2. The number of nitrogens with zero attached hydrogens (tertiary/aromatic N) is 2. The van der Waals surface area contributed by atoms with Gasteiger partial charge in [0.05, 0.1) is 15.0 Å². The fraction of sp³-hybridized carbons (Fsp3) is 0. The molecule has 0 bridgehead atoms. The van der Waals surface area contributed by atoms with Crippen molar-refractivity contribution in [2.24, 2.45) is 4.99 Å². The lowest BCUT2D eigenvalue weighted by molar-refractivity contribution is -0.115. The summed E-state index contributed by atoms with van der Waals surface area (Å²) in [5.74, 6) is -0.216. The standard InChI is InChI=1S/C13H7Cl2N3OS2/c14-8-3-1-2-7(10(8)15)6-9-11(19)17-13(21-9)18-12-16-4-5-20-12/h1-6H,(H,16,17,18,19)/b9-6-. The normalized spacial score (nSPS) is 18.5. The summed E-state index contributed by atoms with van der Waals surface area (Å²) >= 11 is 14.7. The van der Waals surface area contributed by atoms with E-state index < -0.39 is 0 Å². The van der Waals surface area contributed by atoms with Crippen molar-refractivity contribution < 1.29 is 4.79 Å². The van der Waals surface area contributed by atoms with Crippen molar-refractivity contribution in [3.8, 4) is 0 Å². The number of benzene rings is 1. The number of carbonyl (C=O) groups is 1. The molecular formula is C13H7Cl2N3OS2. The minimum atomic E-state index is -0.216. The molecule has 0 aliphatic carbocycles. The summed E-state index contributed by atoms with van der Waals surface area (Å²) in [6, 6.07) is 5.27. The molecule has 1 N–H and O–H groups in total.